The molecule has 35 heavy (non-hydrogen) atoms. The SMILES string of the molecule is Cc1ccc(Cn2cnc3c(cnn3CCNC(=O)CC3CSc4nc(C)cc(=O)n43)c2=O)cc1. The first-order chi connectivity index (χ1) is 16.9. The van der Waals surface area contributed by atoms with Crippen molar-refractivity contribution < 1.29 is 4.79 Å². The Bertz CT molecular complexity index is 1520. The molecule has 1 aliphatic heterocycles. The summed E-state index contributed by atoms with van der Waals surface area (Å²) in [6, 6.07) is 9.29. The van der Waals surface area contributed by atoms with Gasteiger partial charge < -0.3 is 5.32 Å². The van der Waals surface area contributed by atoms with E-state index in [2.05, 4.69) is 20.4 Å². The number of carbonyl (C=O) groups is 1. The van der Waals surface area contributed by atoms with Gasteiger partial charge in [0, 0.05) is 30.5 Å². The summed E-state index contributed by atoms with van der Waals surface area (Å²) in [7, 11) is 0. The number of carbonyl (C=O) groups excluding carboxylic acids is 1. The second kappa shape index (κ2) is 9.49. The molecule has 1 unspecified atom stereocenters. The first kappa shape index (κ1) is 23.0. The number of nitrogens with one attached hydrogen (secondary N) is 1. The van der Waals surface area contributed by atoms with Crippen LogP contribution in [0.15, 0.2) is 57.6 Å². The molecule has 5 rings (SSSR count). The number of hydrogen-bond donors (Lipinski definition) is 1. The lowest BCUT2D eigenvalue weighted by Gasteiger charge is -2.13. The van der Waals surface area contributed by atoms with Crippen molar-refractivity contribution in [1.29, 1.82) is 0 Å². The Labute approximate surface area is 205 Å². The van der Waals surface area contributed by atoms with Crippen molar-refractivity contribution >= 4 is 28.7 Å². The highest BCUT2D eigenvalue weighted by molar-refractivity contribution is 7.99. The Kier molecular flexibility index (Phi) is 6.25. The summed E-state index contributed by atoms with van der Waals surface area (Å²) in [5.41, 5.74) is 3.07. The van der Waals surface area contributed by atoms with E-state index < -0.39 is 0 Å². The quantitative estimate of drug-likeness (QED) is 0.391. The predicted octanol–water partition coefficient (Wildman–Crippen LogP) is 1.67. The van der Waals surface area contributed by atoms with Gasteiger partial charge in [0.15, 0.2) is 10.8 Å². The van der Waals surface area contributed by atoms with Crippen LogP contribution in [0.2, 0.25) is 0 Å². The number of amides is 1. The lowest BCUT2D eigenvalue weighted by Crippen LogP contribution is -2.32. The third-order valence-corrected chi connectivity index (χ3v) is 7.08. The molecule has 0 fully saturated rings. The van der Waals surface area contributed by atoms with Crippen LogP contribution in [0, 0.1) is 13.8 Å². The molecular formula is C24H25N7O3S. The summed E-state index contributed by atoms with van der Waals surface area (Å²) in [6.07, 6.45) is 3.25. The summed E-state index contributed by atoms with van der Waals surface area (Å²) in [4.78, 5) is 46.6. The molecule has 0 bridgehead atoms. The Morgan fingerprint density at radius 1 is 1.20 bits per heavy atom. The number of aryl methyl sites for hydroxylation is 2. The minimum Gasteiger partial charge on any atom is -0.354 e. The van der Waals surface area contributed by atoms with Crippen molar-refractivity contribution in [2.45, 2.75) is 44.6 Å². The molecule has 0 radical (unpaired) electrons. The van der Waals surface area contributed by atoms with Gasteiger partial charge in [-0.2, -0.15) is 5.10 Å². The van der Waals surface area contributed by atoms with Gasteiger partial charge in [-0.3, -0.25) is 23.5 Å². The van der Waals surface area contributed by atoms with Crippen LogP contribution >= 0.6 is 11.8 Å². The Morgan fingerprint density at radius 3 is 2.80 bits per heavy atom. The van der Waals surface area contributed by atoms with Crippen molar-refractivity contribution in [3.05, 3.63) is 80.4 Å². The van der Waals surface area contributed by atoms with Crippen LogP contribution in [0.1, 0.15) is 29.3 Å². The monoisotopic (exact) mass is 491 g/mol. The summed E-state index contributed by atoms with van der Waals surface area (Å²) < 4.78 is 4.78. The highest BCUT2D eigenvalue weighted by Crippen LogP contribution is 2.31. The van der Waals surface area contributed by atoms with Crippen molar-refractivity contribution in [3.8, 4) is 0 Å². The van der Waals surface area contributed by atoms with Crippen molar-refractivity contribution in [2.24, 2.45) is 0 Å². The van der Waals surface area contributed by atoms with E-state index in [4.69, 9.17) is 0 Å². The molecule has 4 heterocycles. The summed E-state index contributed by atoms with van der Waals surface area (Å²) in [5, 5.41) is 8.28. The molecule has 10 nitrogen and oxygen atoms in total. The molecule has 1 amide bonds. The van der Waals surface area contributed by atoms with E-state index in [1.54, 1.807) is 20.7 Å². The van der Waals surface area contributed by atoms with Gasteiger partial charge in [0.1, 0.15) is 11.7 Å². The lowest BCUT2D eigenvalue weighted by molar-refractivity contribution is -0.121. The zero-order valence-corrected chi connectivity index (χ0v) is 20.3. The van der Waals surface area contributed by atoms with Gasteiger partial charge in [-0.15, -0.1) is 0 Å². The molecule has 1 atom stereocenters. The van der Waals surface area contributed by atoms with Gasteiger partial charge >= 0.3 is 0 Å². The van der Waals surface area contributed by atoms with Gasteiger partial charge in [-0.25, -0.2) is 14.6 Å². The molecule has 1 aromatic carbocycles. The summed E-state index contributed by atoms with van der Waals surface area (Å²) in [5.74, 6) is 0.489. The number of benzene rings is 1. The molecule has 0 saturated carbocycles. The Balaban J connectivity index is 1.21. The molecule has 3 aromatic heterocycles. The molecule has 0 saturated heterocycles. The van der Waals surface area contributed by atoms with E-state index in [1.165, 1.54) is 30.4 Å². The number of hydrogen-bond acceptors (Lipinski definition) is 7. The lowest BCUT2D eigenvalue weighted by atomic mass is 10.1. The Morgan fingerprint density at radius 2 is 2.00 bits per heavy atom. The third-order valence-electron chi connectivity index (χ3n) is 5.98. The van der Waals surface area contributed by atoms with E-state index in [0.717, 1.165) is 11.1 Å². The zero-order chi connectivity index (χ0) is 24.5. The van der Waals surface area contributed by atoms with Crippen LogP contribution in [0.4, 0.5) is 0 Å². The van der Waals surface area contributed by atoms with Crippen LogP contribution in [0.25, 0.3) is 11.0 Å². The summed E-state index contributed by atoms with van der Waals surface area (Å²) >= 11 is 1.49. The maximum absolute atomic E-state index is 12.9. The largest absolute Gasteiger partial charge is 0.354 e. The van der Waals surface area contributed by atoms with Crippen LogP contribution in [-0.4, -0.2) is 47.1 Å². The fraction of sp³-hybridized carbons (Fsp3) is 0.333. The van der Waals surface area contributed by atoms with Crippen LogP contribution in [0.3, 0.4) is 0 Å². The van der Waals surface area contributed by atoms with Crippen LogP contribution in [-0.2, 0) is 17.9 Å². The van der Waals surface area contributed by atoms with E-state index in [1.807, 2.05) is 31.2 Å². The second-order valence-electron chi connectivity index (χ2n) is 8.68. The average molecular weight is 492 g/mol. The first-order valence-corrected chi connectivity index (χ1v) is 12.3. The number of thioether (sulfide) groups is 1. The van der Waals surface area contributed by atoms with Crippen molar-refractivity contribution in [2.75, 3.05) is 12.3 Å². The molecular weight excluding hydrogens is 466 g/mol. The van der Waals surface area contributed by atoms with Gasteiger partial charge in [0.2, 0.25) is 5.91 Å². The topological polar surface area (TPSA) is 117 Å². The molecule has 1 N–H and O–H groups in total. The highest BCUT2D eigenvalue weighted by atomic mass is 32.2. The van der Waals surface area contributed by atoms with Gasteiger partial charge in [0.05, 0.1) is 25.3 Å². The standard InChI is InChI=1S/C24H25N7O3S/c1-15-3-5-17(6-4-15)12-29-14-26-22-19(23(29)34)11-27-30(22)8-7-25-20(32)10-18-13-35-24-28-16(2)9-21(33)31(18)24/h3-6,9,11,14,18H,7-8,10,12-13H2,1-2H3,(H,25,32). The van der Waals surface area contributed by atoms with Crippen LogP contribution in [0.5, 0.6) is 0 Å². The molecule has 1 aliphatic rings. The van der Waals surface area contributed by atoms with E-state index in [-0.39, 0.29) is 29.5 Å². The third kappa shape index (κ3) is 4.76. The number of nitrogens with zero attached hydrogens (tertiary/aromatic N) is 6. The maximum Gasteiger partial charge on any atom is 0.264 e. The minimum atomic E-state index is -0.213. The molecule has 4 aromatic rings. The van der Waals surface area contributed by atoms with E-state index >= 15 is 0 Å². The molecule has 180 valence electrons. The van der Waals surface area contributed by atoms with Gasteiger partial charge in [-0.1, -0.05) is 41.6 Å². The maximum atomic E-state index is 12.9. The first-order valence-electron chi connectivity index (χ1n) is 11.4. The fourth-order valence-electron chi connectivity index (χ4n) is 4.16. The number of fused-ring (bicyclic) bond motifs is 2. The van der Waals surface area contributed by atoms with Gasteiger partial charge in [-0.05, 0) is 19.4 Å². The fourth-order valence-corrected chi connectivity index (χ4v) is 5.36. The van der Waals surface area contributed by atoms with E-state index in [9.17, 15) is 14.4 Å². The molecule has 0 spiro atoms. The molecule has 11 heteroatoms. The van der Waals surface area contributed by atoms with Crippen molar-refractivity contribution in [3.63, 3.8) is 0 Å². The second-order valence-corrected chi connectivity index (χ2v) is 9.66. The highest BCUT2D eigenvalue weighted by Gasteiger charge is 2.27. The van der Waals surface area contributed by atoms with E-state index in [0.29, 0.717) is 47.3 Å². The smallest absolute Gasteiger partial charge is 0.264 e. The Hall–Kier alpha value is -3.73. The average Bonchev–Trinajstić information content (AvgIpc) is 3.42. The zero-order valence-electron chi connectivity index (χ0n) is 19.5. The summed E-state index contributed by atoms with van der Waals surface area (Å²) in [6.45, 7) is 4.95. The predicted molar refractivity (Wildman–Crippen MR) is 133 cm³/mol. The van der Waals surface area contributed by atoms with Crippen LogP contribution < -0.4 is 16.4 Å². The normalized spacial score (nSPS) is 14.9. The molecule has 0 aliphatic carbocycles. The number of aromatic nitrogens is 6. The van der Waals surface area contributed by atoms with Crippen molar-refractivity contribution in [1.82, 2.24) is 34.2 Å². The van der Waals surface area contributed by atoms with Gasteiger partial charge in [0.25, 0.3) is 11.1 Å². The minimum absolute atomic E-state index is 0.127. The number of rotatable bonds is 7.